The largest absolute Gasteiger partial charge is 0.497 e. The number of ether oxygens (including phenoxy) is 2. The first kappa shape index (κ1) is 19.6. The first-order chi connectivity index (χ1) is 11.0. The van der Waals surface area contributed by atoms with Gasteiger partial charge in [-0.3, -0.25) is 4.79 Å². The first-order valence-corrected chi connectivity index (χ1v) is 8.98. The molecule has 1 unspecified atom stereocenters. The zero-order valence-corrected chi connectivity index (χ0v) is 15.7. The number of esters is 1. The van der Waals surface area contributed by atoms with E-state index in [4.69, 9.17) is 9.47 Å². The Hall–Kier alpha value is -1.42. The Bertz CT molecular complexity index is 522. The van der Waals surface area contributed by atoms with Crippen molar-refractivity contribution in [1.82, 2.24) is 0 Å². The second-order valence-electron chi connectivity index (χ2n) is 5.45. The maximum absolute atomic E-state index is 12.6. The SMILES string of the molecule is CCOC(=O)C(CC)(C/C=C(/C)CC)Sc1ccc(OC)cc1. The molecule has 3 nitrogen and oxygen atoms in total. The van der Waals surface area contributed by atoms with Crippen LogP contribution in [-0.2, 0) is 9.53 Å². The van der Waals surface area contributed by atoms with Gasteiger partial charge < -0.3 is 9.47 Å². The maximum Gasteiger partial charge on any atom is 0.322 e. The molecular formula is C19H28O3S. The Labute approximate surface area is 144 Å². The topological polar surface area (TPSA) is 35.5 Å². The Balaban J connectivity index is 3.06. The molecule has 0 heterocycles. The van der Waals surface area contributed by atoms with E-state index in [1.807, 2.05) is 38.1 Å². The minimum atomic E-state index is -0.582. The molecule has 1 atom stereocenters. The average Bonchev–Trinajstić information content (AvgIpc) is 2.59. The van der Waals surface area contributed by atoms with Gasteiger partial charge in [0.1, 0.15) is 10.5 Å². The Morgan fingerprint density at radius 3 is 2.35 bits per heavy atom. The van der Waals surface area contributed by atoms with Crippen LogP contribution in [0.2, 0.25) is 0 Å². The number of methoxy groups -OCH3 is 1. The lowest BCUT2D eigenvalue weighted by atomic mass is 9.99. The number of rotatable bonds is 9. The molecule has 128 valence electrons. The van der Waals surface area contributed by atoms with E-state index in [-0.39, 0.29) is 5.97 Å². The number of carbonyl (C=O) groups excluding carboxylic acids is 1. The zero-order chi connectivity index (χ0) is 17.3. The van der Waals surface area contributed by atoms with Gasteiger partial charge >= 0.3 is 5.97 Å². The first-order valence-electron chi connectivity index (χ1n) is 8.17. The molecule has 0 aliphatic carbocycles. The average molecular weight is 336 g/mol. The second-order valence-corrected chi connectivity index (χ2v) is 6.91. The fraction of sp³-hybridized carbons (Fsp3) is 0.526. The summed E-state index contributed by atoms with van der Waals surface area (Å²) in [5.74, 6) is 0.678. The number of benzene rings is 1. The van der Waals surface area contributed by atoms with Crippen molar-refractivity contribution >= 4 is 17.7 Å². The number of thioether (sulfide) groups is 1. The van der Waals surface area contributed by atoms with Crippen molar-refractivity contribution in [2.75, 3.05) is 13.7 Å². The van der Waals surface area contributed by atoms with Crippen molar-refractivity contribution < 1.29 is 14.3 Å². The lowest BCUT2D eigenvalue weighted by Gasteiger charge is -2.29. The molecule has 0 saturated carbocycles. The number of hydrogen-bond donors (Lipinski definition) is 0. The van der Waals surface area contributed by atoms with Crippen molar-refractivity contribution in [2.24, 2.45) is 0 Å². The van der Waals surface area contributed by atoms with Gasteiger partial charge in [-0.15, -0.1) is 11.8 Å². The smallest absolute Gasteiger partial charge is 0.322 e. The van der Waals surface area contributed by atoms with Crippen LogP contribution >= 0.6 is 11.8 Å². The van der Waals surface area contributed by atoms with Crippen LogP contribution in [0.1, 0.15) is 47.0 Å². The number of carbonyl (C=O) groups is 1. The molecule has 0 aliphatic heterocycles. The van der Waals surface area contributed by atoms with Crippen LogP contribution in [-0.4, -0.2) is 24.4 Å². The molecule has 0 spiro atoms. The van der Waals surface area contributed by atoms with Crippen LogP contribution in [0.25, 0.3) is 0 Å². The number of allylic oxidation sites excluding steroid dienone is 2. The maximum atomic E-state index is 12.6. The zero-order valence-electron chi connectivity index (χ0n) is 14.8. The molecule has 0 aliphatic rings. The van der Waals surface area contributed by atoms with Gasteiger partial charge in [0, 0.05) is 4.90 Å². The van der Waals surface area contributed by atoms with Crippen LogP contribution < -0.4 is 4.74 Å². The molecular weight excluding hydrogens is 308 g/mol. The molecule has 0 fully saturated rings. The van der Waals surface area contributed by atoms with E-state index in [1.165, 1.54) is 5.57 Å². The summed E-state index contributed by atoms with van der Waals surface area (Å²) in [6.45, 7) is 8.52. The lowest BCUT2D eigenvalue weighted by molar-refractivity contribution is -0.146. The summed E-state index contributed by atoms with van der Waals surface area (Å²) >= 11 is 1.58. The summed E-state index contributed by atoms with van der Waals surface area (Å²) in [5.41, 5.74) is 1.29. The summed E-state index contributed by atoms with van der Waals surface area (Å²) in [6, 6.07) is 7.81. The van der Waals surface area contributed by atoms with Gasteiger partial charge in [-0.25, -0.2) is 0 Å². The Kier molecular flexibility index (Phi) is 8.24. The van der Waals surface area contributed by atoms with E-state index in [0.717, 1.165) is 23.5 Å². The van der Waals surface area contributed by atoms with Crippen LogP contribution in [0.5, 0.6) is 5.75 Å². The minimum Gasteiger partial charge on any atom is -0.497 e. The Morgan fingerprint density at radius 1 is 1.22 bits per heavy atom. The van der Waals surface area contributed by atoms with Gasteiger partial charge in [0.25, 0.3) is 0 Å². The van der Waals surface area contributed by atoms with E-state index in [9.17, 15) is 4.79 Å². The highest BCUT2D eigenvalue weighted by molar-refractivity contribution is 8.01. The van der Waals surface area contributed by atoms with E-state index < -0.39 is 4.75 Å². The summed E-state index contributed by atoms with van der Waals surface area (Å²) in [5, 5.41) is 0. The van der Waals surface area contributed by atoms with E-state index in [2.05, 4.69) is 19.9 Å². The van der Waals surface area contributed by atoms with Gasteiger partial charge in [-0.05, 0) is 57.4 Å². The van der Waals surface area contributed by atoms with E-state index in [1.54, 1.807) is 18.9 Å². The van der Waals surface area contributed by atoms with Crippen LogP contribution in [0.3, 0.4) is 0 Å². The van der Waals surface area contributed by atoms with Crippen molar-refractivity contribution in [2.45, 2.75) is 56.6 Å². The van der Waals surface area contributed by atoms with Gasteiger partial charge in [-0.2, -0.15) is 0 Å². The molecule has 0 aromatic heterocycles. The highest BCUT2D eigenvalue weighted by Gasteiger charge is 2.38. The molecule has 1 aromatic rings. The molecule has 1 aromatic carbocycles. The van der Waals surface area contributed by atoms with Crippen LogP contribution in [0.4, 0.5) is 0 Å². The molecule has 23 heavy (non-hydrogen) atoms. The molecule has 0 N–H and O–H groups in total. The van der Waals surface area contributed by atoms with Crippen LogP contribution in [0.15, 0.2) is 40.8 Å². The Morgan fingerprint density at radius 2 is 1.87 bits per heavy atom. The van der Waals surface area contributed by atoms with Crippen LogP contribution in [0, 0.1) is 0 Å². The molecule has 0 radical (unpaired) electrons. The predicted molar refractivity (Wildman–Crippen MR) is 97.2 cm³/mol. The van der Waals surface area contributed by atoms with Gasteiger partial charge in [-0.1, -0.05) is 25.5 Å². The quantitative estimate of drug-likeness (QED) is 0.351. The molecule has 4 heteroatoms. The molecule has 0 bridgehead atoms. The van der Waals surface area contributed by atoms with Gasteiger partial charge in [0.15, 0.2) is 0 Å². The van der Waals surface area contributed by atoms with Crippen molar-refractivity contribution in [3.05, 3.63) is 35.9 Å². The summed E-state index contributed by atoms with van der Waals surface area (Å²) in [4.78, 5) is 13.7. The second kappa shape index (κ2) is 9.66. The summed E-state index contributed by atoms with van der Waals surface area (Å²) in [7, 11) is 1.65. The minimum absolute atomic E-state index is 0.136. The van der Waals surface area contributed by atoms with Crippen molar-refractivity contribution in [3.8, 4) is 5.75 Å². The highest BCUT2D eigenvalue weighted by Crippen LogP contribution is 2.40. The number of hydrogen-bond acceptors (Lipinski definition) is 4. The molecule has 1 rings (SSSR count). The third kappa shape index (κ3) is 5.61. The molecule has 0 saturated heterocycles. The fourth-order valence-electron chi connectivity index (χ4n) is 2.14. The van der Waals surface area contributed by atoms with Gasteiger partial charge in [0.2, 0.25) is 0 Å². The standard InChI is InChI=1S/C19H28O3S/c1-6-15(4)13-14-19(7-2,18(20)22-8-3)23-17-11-9-16(21-5)10-12-17/h9-13H,6-8,14H2,1-5H3/b15-13-. The highest BCUT2D eigenvalue weighted by atomic mass is 32.2. The van der Waals surface area contributed by atoms with Gasteiger partial charge in [0.05, 0.1) is 13.7 Å². The monoisotopic (exact) mass is 336 g/mol. The van der Waals surface area contributed by atoms with Crippen molar-refractivity contribution in [1.29, 1.82) is 0 Å². The third-order valence-electron chi connectivity index (χ3n) is 3.93. The summed E-state index contributed by atoms with van der Waals surface area (Å²) in [6.07, 6.45) is 4.56. The summed E-state index contributed by atoms with van der Waals surface area (Å²) < 4.78 is 9.98. The lowest BCUT2D eigenvalue weighted by Crippen LogP contribution is -2.36. The van der Waals surface area contributed by atoms with E-state index >= 15 is 0 Å². The molecule has 0 amide bonds. The normalized spacial score (nSPS) is 14.2. The van der Waals surface area contributed by atoms with E-state index in [0.29, 0.717) is 13.0 Å². The predicted octanol–water partition coefficient (Wildman–Crippen LogP) is 5.25. The third-order valence-corrected chi connectivity index (χ3v) is 5.45. The fourth-order valence-corrected chi connectivity index (χ4v) is 3.32. The van der Waals surface area contributed by atoms with Crippen molar-refractivity contribution in [3.63, 3.8) is 0 Å².